The minimum Gasteiger partial charge on any atom is -0.497 e. The smallest absolute Gasteiger partial charge is 0.252 e. The molecule has 1 aromatic heterocycles. The average Bonchev–Trinajstić information content (AvgIpc) is 2.51. The summed E-state index contributed by atoms with van der Waals surface area (Å²) in [4.78, 5) is 16.9. The van der Waals surface area contributed by atoms with Crippen LogP contribution in [-0.2, 0) is 4.74 Å². The largest absolute Gasteiger partial charge is 0.497 e. The van der Waals surface area contributed by atoms with E-state index in [1.807, 2.05) is 39.0 Å². The number of rotatable bonds is 6. The number of fused-ring (bicyclic) bond motifs is 1. The molecule has 1 heterocycles. The summed E-state index contributed by atoms with van der Waals surface area (Å²) >= 11 is 0. The molecule has 0 aliphatic carbocycles. The summed E-state index contributed by atoms with van der Waals surface area (Å²) in [5.74, 6) is 0.606. The molecule has 0 saturated carbocycles. The lowest BCUT2D eigenvalue weighted by Gasteiger charge is -2.14. The zero-order chi connectivity index (χ0) is 16.1. The molecule has 0 bridgehead atoms. The quantitative estimate of drug-likeness (QED) is 0.891. The monoisotopic (exact) mass is 302 g/mol. The van der Waals surface area contributed by atoms with Crippen LogP contribution >= 0.6 is 0 Å². The number of carbonyl (C=O) groups is 1. The molecule has 1 atom stereocenters. The van der Waals surface area contributed by atoms with E-state index in [4.69, 9.17) is 9.47 Å². The van der Waals surface area contributed by atoms with Crippen molar-refractivity contribution in [2.24, 2.45) is 0 Å². The van der Waals surface area contributed by atoms with Crippen LogP contribution in [0.15, 0.2) is 24.3 Å². The van der Waals surface area contributed by atoms with Crippen molar-refractivity contribution in [3.05, 3.63) is 35.5 Å². The van der Waals surface area contributed by atoms with Crippen LogP contribution in [0, 0.1) is 6.92 Å². The minimum absolute atomic E-state index is 0.0109. The maximum Gasteiger partial charge on any atom is 0.252 e. The zero-order valence-corrected chi connectivity index (χ0v) is 13.5. The summed E-state index contributed by atoms with van der Waals surface area (Å²) in [7, 11) is 1.61. The SMILES string of the molecule is CCO[C@@H](C)CNC(=O)c1cc(C)nc2cc(OC)ccc12. The number of methoxy groups -OCH3 is 1. The Morgan fingerprint density at radius 1 is 1.36 bits per heavy atom. The van der Waals surface area contributed by atoms with Gasteiger partial charge in [0.25, 0.3) is 5.91 Å². The maximum absolute atomic E-state index is 12.4. The van der Waals surface area contributed by atoms with Gasteiger partial charge in [0.2, 0.25) is 0 Å². The van der Waals surface area contributed by atoms with Gasteiger partial charge in [0.05, 0.1) is 24.3 Å². The number of benzene rings is 1. The van der Waals surface area contributed by atoms with Crippen molar-refractivity contribution >= 4 is 16.8 Å². The van der Waals surface area contributed by atoms with Gasteiger partial charge in [0, 0.05) is 30.3 Å². The van der Waals surface area contributed by atoms with Crippen LogP contribution in [0.4, 0.5) is 0 Å². The van der Waals surface area contributed by atoms with Crippen LogP contribution in [0.2, 0.25) is 0 Å². The number of hydrogen-bond donors (Lipinski definition) is 1. The van der Waals surface area contributed by atoms with Crippen molar-refractivity contribution in [3.63, 3.8) is 0 Å². The molecule has 22 heavy (non-hydrogen) atoms. The Balaban J connectivity index is 2.28. The molecule has 118 valence electrons. The van der Waals surface area contributed by atoms with Gasteiger partial charge in [-0.25, -0.2) is 0 Å². The summed E-state index contributed by atoms with van der Waals surface area (Å²) in [5.41, 5.74) is 2.17. The number of amides is 1. The first kappa shape index (κ1) is 16.2. The highest BCUT2D eigenvalue weighted by Crippen LogP contribution is 2.23. The van der Waals surface area contributed by atoms with E-state index in [1.165, 1.54) is 0 Å². The van der Waals surface area contributed by atoms with Crippen LogP contribution in [-0.4, -0.2) is 37.3 Å². The van der Waals surface area contributed by atoms with Gasteiger partial charge in [-0.1, -0.05) is 0 Å². The maximum atomic E-state index is 12.4. The van der Waals surface area contributed by atoms with E-state index in [0.717, 1.165) is 22.3 Å². The second-order valence-corrected chi connectivity index (χ2v) is 5.17. The van der Waals surface area contributed by atoms with Gasteiger partial charge in [-0.15, -0.1) is 0 Å². The number of aromatic nitrogens is 1. The van der Waals surface area contributed by atoms with Gasteiger partial charge in [-0.3, -0.25) is 9.78 Å². The Hall–Kier alpha value is -2.14. The minimum atomic E-state index is -0.118. The standard InChI is InChI=1S/C17H22N2O3/c1-5-22-12(3)10-18-17(20)15-8-11(2)19-16-9-13(21-4)6-7-14(15)16/h6-9,12H,5,10H2,1-4H3,(H,18,20)/t12-/m0/s1. The van der Waals surface area contributed by atoms with Crippen molar-refractivity contribution in [2.45, 2.75) is 26.9 Å². The highest BCUT2D eigenvalue weighted by molar-refractivity contribution is 6.06. The molecule has 1 aromatic carbocycles. The number of aryl methyl sites for hydroxylation is 1. The number of pyridine rings is 1. The molecular weight excluding hydrogens is 280 g/mol. The Kier molecular flexibility index (Phi) is 5.33. The van der Waals surface area contributed by atoms with Gasteiger partial charge in [-0.05, 0) is 39.0 Å². The molecular formula is C17H22N2O3. The van der Waals surface area contributed by atoms with E-state index in [1.54, 1.807) is 13.2 Å². The second-order valence-electron chi connectivity index (χ2n) is 5.17. The molecule has 0 unspecified atom stereocenters. The Morgan fingerprint density at radius 2 is 2.14 bits per heavy atom. The molecule has 5 heteroatoms. The first-order valence-corrected chi connectivity index (χ1v) is 7.40. The lowest BCUT2D eigenvalue weighted by Crippen LogP contribution is -2.32. The third-order valence-corrected chi connectivity index (χ3v) is 3.39. The molecule has 2 aromatic rings. The van der Waals surface area contributed by atoms with E-state index >= 15 is 0 Å². The normalized spacial score (nSPS) is 12.2. The van der Waals surface area contributed by atoms with Gasteiger partial charge < -0.3 is 14.8 Å². The van der Waals surface area contributed by atoms with Crippen molar-refractivity contribution in [1.82, 2.24) is 10.3 Å². The van der Waals surface area contributed by atoms with E-state index in [2.05, 4.69) is 10.3 Å². The van der Waals surface area contributed by atoms with Gasteiger partial charge in [0.1, 0.15) is 5.75 Å². The summed E-state index contributed by atoms with van der Waals surface area (Å²) in [6.45, 7) is 6.86. The first-order valence-electron chi connectivity index (χ1n) is 7.40. The number of carbonyl (C=O) groups excluding carboxylic acids is 1. The molecule has 5 nitrogen and oxygen atoms in total. The zero-order valence-electron chi connectivity index (χ0n) is 13.5. The van der Waals surface area contributed by atoms with Crippen LogP contribution in [0.1, 0.15) is 29.9 Å². The summed E-state index contributed by atoms with van der Waals surface area (Å²) in [6.07, 6.45) is -0.0109. The lowest BCUT2D eigenvalue weighted by atomic mass is 10.1. The lowest BCUT2D eigenvalue weighted by molar-refractivity contribution is 0.0695. The summed E-state index contributed by atoms with van der Waals surface area (Å²) in [5, 5.41) is 3.72. The topological polar surface area (TPSA) is 60.5 Å². The first-order chi connectivity index (χ1) is 10.5. The fourth-order valence-electron chi connectivity index (χ4n) is 2.33. The summed E-state index contributed by atoms with van der Waals surface area (Å²) in [6, 6.07) is 7.33. The molecule has 1 N–H and O–H groups in total. The Labute approximate surface area is 130 Å². The Bertz CT molecular complexity index is 670. The molecule has 2 rings (SSSR count). The van der Waals surface area contributed by atoms with Gasteiger partial charge in [0.15, 0.2) is 0 Å². The van der Waals surface area contributed by atoms with Crippen LogP contribution in [0.5, 0.6) is 5.75 Å². The van der Waals surface area contributed by atoms with E-state index in [9.17, 15) is 4.79 Å². The molecule has 0 saturated heterocycles. The predicted octanol–water partition coefficient (Wildman–Crippen LogP) is 2.71. The fourth-order valence-corrected chi connectivity index (χ4v) is 2.33. The molecule has 0 radical (unpaired) electrons. The van der Waals surface area contributed by atoms with Crippen molar-refractivity contribution in [1.29, 1.82) is 0 Å². The Morgan fingerprint density at radius 3 is 2.82 bits per heavy atom. The molecule has 1 amide bonds. The third kappa shape index (κ3) is 3.74. The molecule has 0 aliphatic rings. The van der Waals surface area contributed by atoms with Gasteiger partial charge >= 0.3 is 0 Å². The third-order valence-electron chi connectivity index (χ3n) is 3.39. The average molecular weight is 302 g/mol. The number of hydrogen-bond acceptors (Lipinski definition) is 4. The van der Waals surface area contributed by atoms with Gasteiger partial charge in [-0.2, -0.15) is 0 Å². The fraction of sp³-hybridized carbons (Fsp3) is 0.412. The molecule has 0 aliphatic heterocycles. The second kappa shape index (κ2) is 7.22. The van der Waals surface area contributed by atoms with E-state index in [-0.39, 0.29) is 12.0 Å². The van der Waals surface area contributed by atoms with Crippen LogP contribution < -0.4 is 10.1 Å². The van der Waals surface area contributed by atoms with E-state index < -0.39 is 0 Å². The molecule has 0 fully saturated rings. The summed E-state index contributed by atoms with van der Waals surface area (Å²) < 4.78 is 10.6. The predicted molar refractivity (Wildman–Crippen MR) is 86.5 cm³/mol. The number of ether oxygens (including phenoxy) is 2. The van der Waals surface area contributed by atoms with Crippen molar-refractivity contribution in [2.75, 3.05) is 20.3 Å². The van der Waals surface area contributed by atoms with Crippen LogP contribution in [0.25, 0.3) is 10.9 Å². The van der Waals surface area contributed by atoms with Crippen molar-refractivity contribution < 1.29 is 14.3 Å². The highest BCUT2D eigenvalue weighted by Gasteiger charge is 2.13. The number of nitrogens with zero attached hydrogens (tertiary/aromatic N) is 1. The molecule has 0 spiro atoms. The van der Waals surface area contributed by atoms with Crippen LogP contribution in [0.3, 0.4) is 0 Å². The van der Waals surface area contributed by atoms with Crippen molar-refractivity contribution in [3.8, 4) is 5.75 Å². The van der Waals surface area contributed by atoms with E-state index in [0.29, 0.717) is 18.7 Å². The number of nitrogens with one attached hydrogen (secondary N) is 1. The highest BCUT2D eigenvalue weighted by atomic mass is 16.5.